The highest BCUT2D eigenvalue weighted by molar-refractivity contribution is 6.29. The number of hydrogen-bond donors (Lipinski definition) is 0. The van der Waals surface area contributed by atoms with E-state index in [1.807, 2.05) is 0 Å². The quantitative estimate of drug-likeness (QED) is 0.471. The number of nitrogens with zero attached hydrogens (tertiary/aromatic N) is 2. The zero-order valence-corrected chi connectivity index (χ0v) is 10.4. The molecule has 1 aromatic heterocycles. The van der Waals surface area contributed by atoms with Crippen molar-refractivity contribution >= 4 is 17.3 Å². The Balaban J connectivity index is 2.44. The minimum Gasteiger partial charge on any atom is -0.258 e. The topological polar surface area (TPSA) is 56.0 Å². The van der Waals surface area contributed by atoms with E-state index in [0.29, 0.717) is 5.56 Å². The molecule has 2 rings (SSSR count). The number of benzene rings is 1. The van der Waals surface area contributed by atoms with Gasteiger partial charge in [0, 0.05) is 11.6 Å². The van der Waals surface area contributed by atoms with Gasteiger partial charge in [-0.25, -0.2) is 4.98 Å². The zero-order valence-electron chi connectivity index (χ0n) is 9.69. The van der Waals surface area contributed by atoms with E-state index in [1.165, 1.54) is 12.1 Å². The summed E-state index contributed by atoms with van der Waals surface area (Å²) in [7, 11) is 0. The van der Waals surface area contributed by atoms with E-state index >= 15 is 0 Å². The molecule has 1 heterocycles. The standard InChI is InChI=1S/C12H6ClF3N2O2/c13-11-6-9(18(19)20)5-10(17-11)7-1-3-8(4-2-7)12(14,15)16/h1-6H. The van der Waals surface area contributed by atoms with Crippen molar-refractivity contribution in [2.24, 2.45) is 0 Å². The van der Waals surface area contributed by atoms with Crippen molar-refractivity contribution in [3.05, 3.63) is 57.2 Å². The van der Waals surface area contributed by atoms with Crippen LogP contribution in [-0.2, 0) is 6.18 Å². The number of nitro groups is 1. The van der Waals surface area contributed by atoms with E-state index < -0.39 is 16.7 Å². The predicted octanol–water partition coefficient (Wildman–Crippen LogP) is 4.33. The van der Waals surface area contributed by atoms with Crippen LogP contribution in [0.4, 0.5) is 18.9 Å². The van der Waals surface area contributed by atoms with Gasteiger partial charge in [0.2, 0.25) is 0 Å². The van der Waals surface area contributed by atoms with Crippen LogP contribution in [0.25, 0.3) is 11.3 Å². The maximum atomic E-state index is 12.4. The van der Waals surface area contributed by atoms with Crippen molar-refractivity contribution in [1.82, 2.24) is 4.98 Å². The molecule has 0 fully saturated rings. The van der Waals surface area contributed by atoms with E-state index in [9.17, 15) is 23.3 Å². The van der Waals surface area contributed by atoms with Crippen molar-refractivity contribution in [2.75, 3.05) is 0 Å². The van der Waals surface area contributed by atoms with Gasteiger partial charge in [-0.1, -0.05) is 23.7 Å². The maximum Gasteiger partial charge on any atom is 0.416 e. The summed E-state index contributed by atoms with van der Waals surface area (Å²) in [5, 5.41) is 10.6. The summed E-state index contributed by atoms with van der Waals surface area (Å²) in [5.74, 6) is 0. The van der Waals surface area contributed by atoms with Gasteiger partial charge < -0.3 is 0 Å². The second-order valence-corrected chi connectivity index (χ2v) is 4.25. The fourth-order valence-corrected chi connectivity index (χ4v) is 1.77. The average Bonchev–Trinajstić information content (AvgIpc) is 2.37. The Morgan fingerprint density at radius 1 is 1.15 bits per heavy atom. The third-order valence-electron chi connectivity index (χ3n) is 2.50. The lowest BCUT2D eigenvalue weighted by Gasteiger charge is -2.07. The van der Waals surface area contributed by atoms with Crippen molar-refractivity contribution < 1.29 is 18.1 Å². The molecule has 0 atom stereocenters. The van der Waals surface area contributed by atoms with Gasteiger partial charge in [-0.3, -0.25) is 10.1 Å². The van der Waals surface area contributed by atoms with E-state index in [2.05, 4.69) is 4.98 Å². The molecule has 2 aromatic rings. The van der Waals surface area contributed by atoms with Gasteiger partial charge in [0.1, 0.15) is 5.15 Å². The number of aromatic nitrogens is 1. The summed E-state index contributed by atoms with van der Waals surface area (Å²) in [6.45, 7) is 0. The fourth-order valence-electron chi connectivity index (χ4n) is 1.57. The van der Waals surface area contributed by atoms with Crippen LogP contribution in [0.5, 0.6) is 0 Å². The summed E-state index contributed by atoms with van der Waals surface area (Å²) in [5.41, 5.74) is -0.640. The molecule has 0 unspecified atom stereocenters. The first-order valence-electron chi connectivity index (χ1n) is 5.27. The van der Waals surface area contributed by atoms with E-state index in [0.717, 1.165) is 24.3 Å². The van der Waals surface area contributed by atoms with Crippen LogP contribution in [0.15, 0.2) is 36.4 Å². The van der Waals surface area contributed by atoms with Gasteiger partial charge in [0.25, 0.3) is 5.69 Å². The van der Waals surface area contributed by atoms with Crippen molar-refractivity contribution in [1.29, 1.82) is 0 Å². The van der Waals surface area contributed by atoms with E-state index in [-0.39, 0.29) is 16.5 Å². The summed E-state index contributed by atoms with van der Waals surface area (Å²) >= 11 is 5.65. The molecule has 0 N–H and O–H groups in total. The third kappa shape index (κ3) is 3.05. The molecule has 8 heteroatoms. The van der Waals surface area contributed by atoms with E-state index in [1.54, 1.807) is 0 Å². The first kappa shape index (κ1) is 14.3. The summed E-state index contributed by atoms with van der Waals surface area (Å²) < 4.78 is 37.3. The number of hydrogen-bond acceptors (Lipinski definition) is 3. The number of alkyl halides is 3. The minimum absolute atomic E-state index is 0.103. The molecule has 0 amide bonds. The van der Waals surface area contributed by atoms with Crippen LogP contribution in [0.2, 0.25) is 5.15 Å². The molecule has 0 aliphatic rings. The first-order valence-corrected chi connectivity index (χ1v) is 5.65. The predicted molar refractivity (Wildman–Crippen MR) is 66.3 cm³/mol. The fraction of sp³-hybridized carbons (Fsp3) is 0.0833. The Bertz CT molecular complexity index is 657. The molecule has 0 bridgehead atoms. The maximum absolute atomic E-state index is 12.4. The van der Waals surface area contributed by atoms with Crippen LogP contribution in [-0.4, -0.2) is 9.91 Å². The van der Waals surface area contributed by atoms with E-state index in [4.69, 9.17) is 11.6 Å². The minimum atomic E-state index is -4.44. The highest BCUT2D eigenvalue weighted by Crippen LogP contribution is 2.31. The normalized spacial score (nSPS) is 11.4. The Kier molecular flexibility index (Phi) is 3.63. The van der Waals surface area contributed by atoms with Crippen molar-refractivity contribution in [2.45, 2.75) is 6.18 Å². The summed E-state index contributed by atoms with van der Waals surface area (Å²) in [6, 6.07) is 6.34. The van der Waals surface area contributed by atoms with Crippen molar-refractivity contribution in [3.8, 4) is 11.3 Å². The van der Waals surface area contributed by atoms with Crippen LogP contribution in [0.3, 0.4) is 0 Å². The molecular formula is C12H6ClF3N2O2. The molecule has 0 saturated carbocycles. The summed E-state index contributed by atoms with van der Waals surface area (Å²) in [4.78, 5) is 13.9. The molecule has 0 radical (unpaired) electrons. The van der Waals surface area contributed by atoms with Crippen LogP contribution < -0.4 is 0 Å². The number of halogens is 4. The van der Waals surface area contributed by atoms with Crippen LogP contribution in [0, 0.1) is 10.1 Å². The second kappa shape index (κ2) is 5.09. The SMILES string of the molecule is O=[N+]([O-])c1cc(Cl)nc(-c2ccc(C(F)(F)F)cc2)c1. The Morgan fingerprint density at radius 2 is 1.75 bits per heavy atom. The van der Waals surface area contributed by atoms with Crippen LogP contribution >= 0.6 is 11.6 Å². The Morgan fingerprint density at radius 3 is 2.25 bits per heavy atom. The largest absolute Gasteiger partial charge is 0.416 e. The van der Waals surface area contributed by atoms with Gasteiger partial charge in [0.05, 0.1) is 22.2 Å². The molecule has 0 aliphatic heterocycles. The molecular weight excluding hydrogens is 297 g/mol. The molecule has 4 nitrogen and oxygen atoms in total. The molecule has 0 aliphatic carbocycles. The van der Waals surface area contributed by atoms with Crippen LogP contribution in [0.1, 0.15) is 5.56 Å². The zero-order chi connectivity index (χ0) is 14.9. The average molecular weight is 303 g/mol. The van der Waals surface area contributed by atoms with Gasteiger partial charge in [-0.15, -0.1) is 0 Å². The first-order chi connectivity index (χ1) is 9.27. The summed E-state index contributed by atoms with van der Waals surface area (Å²) in [6.07, 6.45) is -4.44. The van der Waals surface area contributed by atoms with Gasteiger partial charge in [-0.05, 0) is 12.1 Å². The molecule has 20 heavy (non-hydrogen) atoms. The van der Waals surface area contributed by atoms with Crippen molar-refractivity contribution in [3.63, 3.8) is 0 Å². The van der Waals surface area contributed by atoms with Gasteiger partial charge in [0.15, 0.2) is 0 Å². The monoisotopic (exact) mass is 302 g/mol. The van der Waals surface area contributed by atoms with Gasteiger partial charge >= 0.3 is 6.18 Å². The lowest BCUT2D eigenvalue weighted by Crippen LogP contribution is -2.04. The lowest BCUT2D eigenvalue weighted by molar-refractivity contribution is -0.384. The number of pyridine rings is 1. The van der Waals surface area contributed by atoms with Gasteiger partial charge in [-0.2, -0.15) is 13.2 Å². The Labute approximate surface area is 116 Å². The highest BCUT2D eigenvalue weighted by Gasteiger charge is 2.30. The molecule has 0 spiro atoms. The molecule has 104 valence electrons. The lowest BCUT2D eigenvalue weighted by atomic mass is 10.1. The molecule has 1 aromatic carbocycles. The molecule has 0 saturated heterocycles. The smallest absolute Gasteiger partial charge is 0.258 e. The number of rotatable bonds is 2. The Hall–Kier alpha value is -2.15. The second-order valence-electron chi connectivity index (χ2n) is 3.87. The highest BCUT2D eigenvalue weighted by atomic mass is 35.5. The third-order valence-corrected chi connectivity index (χ3v) is 2.69.